The van der Waals surface area contributed by atoms with E-state index in [1.165, 1.54) is 0 Å². The van der Waals surface area contributed by atoms with E-state index in [0.717, 1.165) is 43.0 Å². The summed E-state index contributed by atoms with van der Waals surface area (Å²) in [5, 5.41) is 0. The Bertz CT molecular complexity index is 470. The van der Waals surface area contributed by atoms with Gasteiger partial charge in [-0.1, -0.05) is 41.6 Å². The molecule has 0 aliphatic heterocycles. The van der Waals surface area contributed by atoms with Gasteiger partial charge >= 0.3 is 11.9 Å². The van der Waals surface area contributed by atoms with Gasteiger partial charge in [-0.15, -0.1) is 0 Å². The van der Waals surface area contributed by atoms with E-state index in [4.69, 9.17) is 9.47 Å². The Hall–Kier alpha value is -1.36. The molecule has 0 heterocycles. The third kappa shape index (κ3) is 10.1. The highest BCUT2D eigenvalue weighted by Crippen LogP contribution is 2.17. The van der Waals surface area contributed by atoms with Crippen molar-refractivity contribution < 1.29 is 19.1 Å². The molecular formula is C18H25BrO4. The second-order valence-corrected chi connectivity index (χ2v) is 6.27. The number of benzene rings is 1. The molecule has 0 spiro atoms. The lowest BCUT2D eigenvalue weighted by atomic mass is 10.1. The molecule has 0 amide bonds. The number of ether oxygens (including phenoxy) is 2. The van der Waals surface area contributed by atoms with Crippen molar-refractivity contribution in [2.75, 3.05) is 6.61 Å². The Morgan fingerprint density at radius 3 is 1.96 bits per heavy atom. The van der Waals surface area contributed by atoms with Crippen molar-refractivity contribution in [3.63, 3.8) is 0 Å². The maximum Gasteiger partial charge on any atom is 0.311 e. The molecule has 1 aromatic rings. The Labute approximate surface area is 146 Å². The normalized spacial score (nSPS) is 10.3. The van der Waals surface area contributed by atoms with Crippen molar-refractivity contribution in [2.24, 2.45) is 0 Å². The van der Waals surface area contributed by atoms with Crippen LogP contribution in [0.2, 0.25) is 0 Å². The lowest BCUT2D eigenvalue weighted by Gasteiger charge is -2.05. The van der Waals surface area contributed by atoms with Gasteiger partial charge in [-0.3, -0.25) is 9.59 Å². The van der Waals surface area contributed by atoms with Gasteiger partial charge in [0.15, 0.2) is 0 Å². The molecule has 0 saturated heterocycles. The molecule has 0 aromatic heterocycles. The topological polar surface area (TPSA) is 52.6 Å². The monoisotopic (exact) mass is 384 g/mol. The van der Waals surface area contributed by atoms with Crippen LogP contribution >= 0.6 is 15.9 Å². The van der Waals surface area contributed by atoms with Crippen LogP contribution in [0, 0.1) is 0 Å². The highest BCUT2D eigenvalue weighted by molar-refractivity contribution is 9.10. The van der Waals surface area contributed by atoms with Crippen LogP contribution in [0.4, 0.5) is 0 Å². The standard InChI is InChI=1S/C18H25BrO4/c1-2-22-17(20)9-7-5-3-4-6-8-10-18(21)23-16-13-11-15(19)12-14-16/h11-14H,2-10H2,1H3. The largest absolute Gasteiger partial charge is 0.466 e. The van der Waals surface area contributed by atoms with Gasteiger partial charge in [-0.05, 0) is 44.0 Å². The van der Waals surface area contributed by atoms with Gasteiger partial charge in [-0.25, -0.2) is 0 Å². The molecule has 1 rings (SSSR count). The third-order valence-corrected chi connectivity index (χ3v) is 3.89. The van der Waals surface area contributed by atoms with Gasteiger partial charge in [0, 0.05) is 17.3 Å². The molecule has 0 unspecified atom stereocenters. The van der Waals surface area contributed by atoms with E-state index in [9.17, 15) is 9.59 Å². The first kappa shape index (κ1) is 19.7. The minimum Gasteiger partial charge on any atom is -0.466 e. The first-order valence-corrected chi connectivity index (χ1v) is 9.03. The summed E-state index contributed by atoms with van der Waals surface area (Å²) in [7, 11) is 0. The number of halogens is 1. The minimum atomic E-state index is -0.186. The van der Waals surface area contributed by atoms with Crippen molar-refractivity contribution >= 4 is 27.9 Å². The van der Waals surface area contributed by atoms with Crippen molar-refractivity contribution in [1.82, 2.24) is 0 Å². The van der Waals surface area contributed by atoms with Crippen LogP contribution in [0.5, 0.6) is 5.75 Å². The van der Waals surface area contributed by atoms with Crippen LogP contribution in [0.25, 0.3) is 0 Å². The molecule has 4 nitrogen and oxygen atoms in total. The van der Waals surface area contributed by atoms with E-state index in [0.29, 0.717) is 25.2 Å². The van der Waals surface area contributed by atoms with Crippen LogP contribution < -0.4 is 4.74 Å². The van der Waals surface area contributed by atoms with E-state index in [1.807, 2.05) is 19.1 Å². The zero-order valence-electron chi connectivity index (χ0n) is 13.7. The number of carbonyl (C=O) groups is 2. The molecule has 128 valence electrons. The maximum atomic E-state index is 11.7. The van der Waals surface area contributed by atoms with Gasteiger partial charge in [-0.2, -0.15) is 0 Å². The Morgan fingerprint density at radius 1 is 0.870 bits per heavy atom. The lowest BCUT2D eigenvalue weighted by Crippen LogP contribution is -2.07. The summed E-state index contributed by atoms with van der Waals surface area (Å²) in [4.78, 5) is 22.8. The van der Waals surface area contributed by atoms with Crippen molar-refractivity contribution in [2.45, 2.75) is 58.3 Å². The summed E-state index contributed by atoms with van der Waals surface area (Å²) >= 11 is 3.34. The summed E-state index contributed by atoms with van der Waals surface area (Å²) in [6.07, 6.45) is 6.87. The number of rotatable bonds is 11. The zero-order valence-corrected chi connectivity index (χ0v) is 15.3. The van der Waals surface area contributed by atoms with E-state index < -0.39 is 0 Å². The summed E-state index contributed by atoms with van der Waals surface area (Å²) in [6.45, 7) is 2.27. The van der Waals surface area contributed by atoms with Crippen molar-refractivity contribution in [3.8, 4) is 5.75 Å². The van der Waals surface area contributed by atoms with Gasteiger partial charge in [0.2, 0.25) is 0 Å². The molecule has 5 heteroatoms. The van der Waals surface area contributed by atoms with E-state index in [2.05, 4.69) is 15.9 Å². The van der Waals surface area contributed by atoms with Crippen LogP contribution in [0.3, 0.4) is 0 Å². The predicted molar refractivity (Wildman–Crippen MR) is 93.3 cm³/mol. The SMILES string of the molecule is CCOC(=O)CCCCCCCCC(=O)Oc1ccc(Br)cc1. The fraction of sp³-hybridized carbons (Fsp3) is 0.556. The first-order valence-electron chi connectivity index (χ1n) is 8.23. The van der Waals surface area contributed by atoms with Gasteiger partial charge in [0.05, 0.1) is 6.61 Å². The minimum absolute atomic E-state index is 0.108. The molecule has 0 bridgehead atoms. The van der Waals surface area contributed by atoms with E-state index >= 15 is 0 Å². The number of unbranched alkanes of at least 4 members (excludes halogenated alkanes) is 5. The molecule has 1 aromatic carbocycles. The molecule has 0 aliphatic carbocycles. The van der Waals surface area contributed by atoms with Gasteiger partial charge < -0.3 is 9.47 Å². The Morgan fingerprint density at radius 2 is 1.39 bits per heavy atom. The van der Waals surface area contributed by atoms with Gasteiger partial charge in [0.1, 0.15) is 5.75 Å². The average Bonchev–Trinajstić information content (AvgIpc) is 2.52. The maximum absolute atomic E-state index is 11.7. The molecule has 0 radical (unpaired) electrons. The highest BCUT2D eigenvalue weighted by atomic mass is 79.9. The van der Waals surface area contributed by atoms with E-state index in [-0.39, 0.29) is 11.9 Å². The number of hydrogen-bond acceptors (Lipinski definition) is 4. The molecule has 0 atom stereocenters. The third-order valence-electron chi connectivity index (χ3n) is 3.36. The lowest BCUT2D eigenvalue weighted by molar-refractivity contribution is -0.143. The molecule has 0 fully saturated rings. The Balaban J connectivity index is 1.97. The molecule has 0 aliphatic rings. The van der Waals surface area contributed by atoms with Crippen molar-refractivity contribution in [3.05, 3.63) is 28.7 Å². The summed E-state index contributed by atoms with van der Waals surface area (Å²) < 4.78 is 11.1. The number of hydrogen-bond donors (Lipinski definition) is 0. The molecular weight excluding hydrogens is 360 g/mol. The predicted octanol–water partition coefficient (Wildman–Crippen LogP) is 5.04. The Kier molecular flexibility index (Phi) is 10.4. The van der Waals surface area contributed by atoms with Crippen LogP contribution in [-0.4, -0.2) is 18.5 Å². The second-order valence-electron chi connectivity index (χ2n) is 5.35. The smallest absolute Gasteiger partial charge is 0.311 e. The fourth-order valence-corrected chi connectivity index (χ4v) is 2.43. The quantitative estimate of drug-likeness (QED) is 0.304. The van der Waals surface area contributed by atoms with Crippen LogP contribution in [0.1, 0.15) is 58.3 Å². The molecule has 23 heavy (non-hydrogen) atoms. The van der Waals surface area contributed by atoms with Gasteiger partial charge in [0.25, 0.3) is 0 Å². The van der Waals surface area contributed by atoms with E-state index in [1.54, 1.807) is 12.1 Å². The van der Waals surface area contributed by atoms with Crippen LogP contribution in [-0.2, 0) is 14.3 Å². The first-order chi connectivity index (χ1) is 11.1. The molecule has 0 N–H and O–H groups in total. The summed E-state index contributed by atoms with van der Waals surface area (Å²) in [5.41, 5.74) is 0. The number of esters is 2. The summed E-state index contributed by atoms with van der Waals surface area (Å²) in [6, 6.07) is 7.23. The zero-order chi connectivity index (χ0) is 16.9. The van der Waals surface area contributed by atoms with Crippen molar-refractivity contribution in [1.29, 1.82) is 0 Å². The fourth-order valence-electron chi connectivity index (χ4n) is 2.16. The average molecular weight is 385 g/mol. The second kappa shape index (κ2) is 12.1. The van der Waals surface area contributed by atoms with Crippen LogP contribution in [0.15, 0.2) is 28.7 Å². The highest BCUT2D eigenvalue weighted by Gasteiger charge is 2.05. The molecule has 0 saturated carbocycles. The number of carbonyl (C=O) groups excluding carboxylic acids is 2. The summed E-state index contributed by atoms with van der Waals surface area (Å²) in [5.74, 6) is 0.287.